The van der Waals surface area contributed by atoms with Crippen molar-refractivity contribution < 1.29 is 41.3 Å². The zero-order valence-electron chi connectivity index (χ0n) is 23.6. The molecule has 0 radical (unpaired) electrons. The minimum atomic E-state index is -0.857. The van der Waals surface area contributed by atoms with Crippen molar-refractivity contribution in [3.8, 4) is 0 Å². The van der Waals surface area contributed by atoms with E-state index in [1.165, 1.54) is 16.7 Å². The topological polar surface area (TPSA) is 155 Å². The van der Waals surface area contributed by atoms with E-state index in [1.807, 2.05) is 45.9 Å². The van der Waals surface area contributed by atoms with Gasteiger partial charge in [-0.2, -0.15) is 0 Å². The maximum Gasteiger partial charge on any atom is 0.393 e. The maximum atomic E-state index is 11.8. The Hall–Kier alpha value is -4.00. The van der Waals surface area contributed by atoms with Gasteiger partial charge in [-0.25, -0.2) is 9.89 Å². The van der Waals surface area contributed by atoms with Crippen molar-refractivity contribution in [1.82, 2.24) is 4.90 Å². The summed E-state index contributed by atoms with van der Waals surface area (Å²) in [6.45, 7) is 8.40. The Morgan fingerprint density at radius 3 is 2.36 bits per heavy atom. The molecular formula is C29H37BrN6O6. The molecule has 0 atom stereocenters. The fourth-order valence-corrected chi connectivity index (χ4v) is 5.23. The number of carboxylic acid groups (broad SMARTS) is 1. The minimum Gasteiger partial charge on any atom is -1.00 e. The predicted octanol–water partition coefficient (Wildman–Crippen LogP) is 2.31. The second-order valence-corrected chi connectivity index (χ2v) is 11.1. The van der Waals surface area contributed by atoms with Gasteiger partial charge in [0.05, 0.1) is 29.3 Å². The Morgan fingerprint density at radius 1 is 1.05 bits per heavy atom. The molecule has 0 saturated carbocycles. The fourth-order valence-electron chi connectivity index (χ4n) is 5.23. The minimum absolute atomic E-state index is 0. The highest BCUT2D eigenvalue weighted by molar-refractivity contribution is 6.08. The Bertz CT molecular complexity index is 1490. The molecule has 0 saturated heterocycles. The van der Waals surface area contributed by atoms with Crippen LogP contribution in [0.5, 0.6) is 0 Å². The smallest absolute Gasteiger partial charge is 0.393 e. The molecule has 1 aromatic heterocycles. The third-order valence-electron chi connectivity index (χ3n) is 7.71. The van der Waals surface area contributed by atoms with E-state index in [4.69, 9.17) is 15.1 Å². The lowest BCUT2D eigenvalue weighted by Crippen LogP contribution is -3.00. The van der Waals surface area contributed by atoms with Gasteiger partial charge in [0, 0.05) is 33.4 Å². The summed E-state index contributed by atoms with van der Waals surface area (Å²) in [6, 6.07) is 3.23. The molecule has 4 heterocycles. The van der Waals surface area contributed by atoms with Crippen molar-refractivity contribution in [2.75, 3.05) is 6.54 Å². The number of rotatable bonds is 10. The summed E-state index contributed by atoms with van der Waals surface area (Å²) >= 11 is 0. The van der Waals surface area contributed by atoms with Gasteiger partial charge in [0.2, 0.25) is 5.84 Å². The van der Waals surface area contributed by atoms with Crippen molar-refractivity contribution in [1.29, 1.82) is 0 Å². The first-order valence-electron chi connectivity index (χ1n) is 13.1. The van der Waals surface area contributed by atoms with Crippen LogP contribution in [0.15, 0.2) is 69.6 Å². The average molecular weight is 646 g/mol. The molecule has 13 heteroatoms. The first-order chi connectivity index (χ1) is 18.8. The molecule has 226 valence electrons. The van der Waals surface area contributed by atoms with Crippen LogP contribution < -0.4 is 21.5 Å². The number of unbranched alkanes of at least 4 members (excludes halogenated alkanes) is 2. The molecule has 0 aromatic carbocycles. The predicted molar refractivity (Wildman–Crippen MR) is 156 cm³/mol. The molecule has 0 amide bonds. The number of nitro groups is 2. The van der Waals surface area contributed by atoms with E-state index < -0.39 is 26.6 Å². The molecule has 12 nitrogen and oxygen atoms in total. The second kappa shape index (κ2) is 12.9. The zero-order valence-corrected chi connectivity index (χ0v) is 25.2. The number of hydrogen-bond donors (Lipinski definition) is 1. The summed E-state index contributed by atoms with van der Waals surface area (Å²) in [5.41, 5.74) is 2.26. The summed E-state index contributed by atoms with van der Waals surface area (Å²) in [7, 11) is 1.63. The Labute approximate surface area is 255 Å². The molecular weight excluding hydrogens is 608 g/mol. The molecule has 1 aromatic rings. The number of carbonyl (C=O) groups is 1. The molecule has 4 rings (SSSR count). The SMILES string of the molecule is C.C[n+]1c([N+](=O)[O-])ccc2c1N=C(C=CC=C1N=C3C(=CC=C([N+](=O)[O-])N3CCCCCC(=O)O)C1(C)C)C2(C)C.[Br-]. The Morgan fingerprint density at radius 2 is 1.74 bits per heavy atom. The van der Waals surface area contributed by atoms with E-state index >= 15 is 0 Å². The Kier molecular flexibility index (Phi) is 10.5. The van der Waals surface area contributed by atoms with Crippen molar-refractivity contribution in [3.63, 3.8) is 0 Å². The largest absolute Gasteiger partial charge is 1.00 e. The van der Waals surface area contributed by atoms with E-state index in [9.17, 15) is 25.0 Å². The van der Waals surface area contributed by atoms with Crippen LogP contribution >= 0.6 is 0 Å². The molecule has 0 aliphatic carbocycles. The van der Waals surface area contributed by atoms with Crippen LogP contribution in [-0.4, -0.2) is 43.9 Å². The number of nitrogens with zero attached hydrogens (tertiary/aromatic N) is 6. The molecule has 0 spiro atoms. The lowest BCUT2D eigenvalue weighted by Gasteiger charge is -2.26. The van der Waals surface area contributed by atoms with Gasteiger partial charge in [-0.1, -0.05) is 13.5 Å². The van der Waals surface area contributed by atoms with Crippen molar-refractivity contribution in [2.24, 2.45) is 22.4 Å². The first kappa shape index (κ1) is 34.2. The summed E-state index contributed by atoms with van der Waals surface area (Å²) in [5, 5.41) is 32.0. The quantitative estimate of drug-likeness (QED) is 0.177. The van der Waals surface area contributed by atoms with Gasteiger partial charge in [-0.15, -0.1) is 4.57 Å². The highest BCUT2D eigenvalue weighted by atomic mass is 79.9. The summed E-state index contributed by atoms with van der Waals surface area (Å²) in [5.74, 6) is 0.114. The number of halogens is 1. The maximum absolute atomic E-state index is 11.8. The van der Waals surface area contributed by atoms with Gasteiger partial charge in [-0.3, -0.25) is 4.79 Å². The number of carboxylic acids is 1. The highest BCUT2D eigenvalue weighted by Gasteiger charge is 2.47. The van der Waals surface area contributed by atoms with E-state index in [0.717, 1.165) is 22.5 Å². The second-order valence-electron chi connectivity index (χ2n) is 11.1. The van der Waals surface area contributed by atoms with Crippen molar-refractivity contribution in [2.45, 2.75) is 66.2 Å². The van der Waals surface area contributed by atoms with Crippen molar-refractivity contribution >= 4 is 29.2 Å². The van der Waals surface area contributed by atoms with E-state index in [1.54, 1.807) is 24.1 Å². The van der Waals surface area contributed by atoms with Gasteiger partial charge >= 0.3 is 23.4 Å². The van der Waals surface area contributed by atoms with Gasteiger partial charge in [0.25, 0.3) is 0 Å². The number of aliphatic imine (C=N–C) groups is 2. The average Bonchev–Trinajstić information content (AvgIpc) is 3.28. The number of amidine groups is 1. The molecule has 3 aliphatic rings. The summed E-state index contributed by atoms with van der Waals surface area (Å²) in [6.07, 6.45) is 10.6. The number of aliphatic carboxylic acids is 1. The number of hydrogen-bond acceptors (Lipinski definition) is 8. The van der Waals surface area contributed by atoms with Crippen LogP contribution in [0, 0.1) is 25.6 Å². The van der Waals surface area contributed by atoms with Gasteiger partial charge < -0.3 is 42.3 Å². The number of pyridine rings is 1. The fraction of sp³-hybridized carbons (Fsp3) is 0.448. The molecule has 0 unspecified atom stereocenters. The van der Waals surface area contributed by atoms with Crippen LogP contribution in [0.2, 0.25) is 0 Å². The molecule has 0 fully saturated rings. The number of allylic oxidation sites excluding steroid dienone is 6. The summed E-state index contributed by atoms with van der Waals surface area (Å²) in [4.78, 5) is 44.2. The van der Waals surface area contributed by atoms with E-state index in [0.29, 0.717) is 37.5 Å². The number of aromatic nitrogens is 1. The third-order valence-corrected chi connectivity index (χ3v) is 7.71. The normalized spacial score (nSPS) is 18.7. The first-order valence-corrected chi connectivity index (χ1v) is 13.1. The van der Waals surface area contributed by atoms with Crippen molar-refractivity contribution in [3.05, 3.63) is 85.4 Å². The van der Waals surface area contributed by atoms with Crippen LogP contribution in [0.3, 0.4) is 0 Å². The van der Waals surface area contributed by atoms with Crippen LogP contribution in [0.1, 0.15) is 66.4 Å². The summed E-state index contributed by atoms with van der Waals surface area (Å²) < 4.78 is 1.48. The lowest BCUT2D eigenvalue weighted by molar-refractivity contribution is -0.705. The van der Waals surface area contributed by atoms with Gasteiger partial charge in [0.15, 0.2) is 5.71 Å². The third kappa shape index (κ3) is 6.25. The lowest BCUT2D eigenvalue weighted by atomic mass is 9.81. The monoisotopic (exact) mass is 644 g/mol. The standard InChI is InChI=1S/C28H32N6O6.CH4.BrH/c1-27(2)18-13-15-22(33(37)38)31(5)25(18)29-20(27)10-9-11-21-28(3,4)19-14-16-23(34(39)40)32(26(19)30-21)17-8-6-7-12-24(35)36;;/h9-11,13-16H,6-8,12,17H2,1-5H3;1H4;1H. The van der Waals surface area contributed by atoms with Crippen LogP contribution in [0.25, 0.3) is 0 Å². The van der Waals surface area contributed by atoms with E-state index in [2.05, 4.69) is 0 Å². The highest BCUT2D eigenvalue weighted by Crippen LogP contribution is 2.45. The van der Waals surface area contributed by atoms with Gasteiger partial charge in [-0.05, 0) is 76.2 Å². The van der Waals surface area contributed by atoms with Crippen LogP contribution in [-0.2, 0) is 17.3 Å². The molecule has 42 heavy (non-hydrogen) atoms. The molecule has 1 N–H and O–H groups in total. The molecule has 0 bridgehead atoms. The van der Waals surface area contributed by atoms with E-state index in [-0.39, 0.29) is 42.5 Å². The molecule has 3 aliphatic heterocycles. The number of fused-ring (bicyclic) bond motifs is 2. The zero-order chi connectivity index (χ0) is 29.4. The Balaban J connectivity index is 0.00000308. The van der Waals surface area contributed by atoms with Crippen LogP contribution in [0.4, 0.5) is 11.6 Å². The van der Waals surface area contributed by atoms with Gasteiger partial charge in [0.1, 0.15) is 7.05 Å².